The first-order chi connectivity index (χ1) is 11.9. The van der Waals surface area contributed by atoms with Crippen LogP contribution in [0, 0.1) is 46.8 Å². The van der Waals surface area contributed by atoms with Gasteiger partial charge < -0.3 is 10.2 Å². The van der Waals surface area contributed by atoms with Crippen LogP contribution in [0.15, 0.2) is 0 Å². The van der Waals surface area contributed by atoms with Crippen molar-refractivity contribution < 1.29 is 10.2 Å². The molecular weight excluding hydrogens is 308 g/mol. The molecular formula is C23H40O2. The zero-order chi connectivity index (χ0) is 17.8. The molecule has 4 aliphatic carbocycles. The summed E-state index contributed by atoms with van der Waals surface area (Å²) in [5, 5.41) is 20.5. The van der Waals surface area contributed by atoms with E-state index in [1.54, 1.807) is 0 Å². The van der Waals surface area contributed by atoms with Gasteiger partial charge in [-0.05, 0) is 111 Å². The molecule has 0 bridgehead atoms. The summed E-state index contributed by atoms with van der Waals surface area (Å²) in [7, 11) is 0. The molecule has 2 nitrogen and oxygen atoms in total. The van der Waals surface area contributed by atoms with Crippen molar-refractivity contribution in [2.45, 2.75) is 90.6 Å². The molecule has 4 rings (SSSR count). The minimum absolute atomic E-state index is 0.355. The Hall–Kier alpha value is -0.0800. The fourth-order valence-electron chi connectivity index (χ4n) is 8.39. The molecule has 0 aliphatic heterocycles. The van der Waals surface area contributed by atoms with Crippen molar-refractivity contribution in [2.75, 3.05) is 6.61 Å². The summed E-state index contributed by atoms with van der Waals surface area (Å²) in [4.78, 5) is 0. The Morgan fingerprint density at radius 3 is 2.44 bits per heavy atom. The van der Waals surface area contributed by atoms with Crippen LogP contribution in [0.25, 0.3) is 0 Å². The first-order valence-corrected chi connectivity index (χ1v) is 11.2. The van der Waals surface area contributed by atoms with E-state index in [0.29, 0.717) is 17.9 Å². The van der Waals surface area contributed by atoms with E-state index >= 15 is 0 Å². The van der Waals surface area contributed by atoms with E-state index in [9.17, 15) is 10.2 Å². The summed E-state index contributed by atoms with van der Waals surface area (Å²) in [6.45, 7) is 7.37. The van der Waals surface area contributed by atoms with E-state index in [-0.39, 0.29) is 5.60 Å². The quantitative estimate of drug-likeness (QED) is 0.751. The maximum absolute atomic E-state index is 10.8. The van der Waals surface area contributed by atoms with Gasteiger partial charge in [0.05, 0.1) is 5.60 Å². The number of rotatable bonds is 3. The summed E-state index contributed by atoms with van der Waals surface area (Å²) >= 11 is 0. The second-order valence-electron chi connectivity index (χ2n) is 10.6. The number of hydrogen-bond acceptors (Lipinski definition) is 2. The average molecular weight is 349 g/mol. The Bertz CT molecular complexity index is 490. The first kappa shape index (κ1) is 18.3. The molecule has 0 spiro atoms. The maximum Gasteiger partial charge on any atom is 0.0648 e. The molecule has 9 atom stereocenters. The predicted octanol–water partition coefficient (Wildman–Crippen LogP) is 5.02. The van der Waals surface area contributed by atoms with Crippen molar-refractivity contribution in [3.8, 4) is 0 Å². The molecule has 4 saturated carbocycles. The fourth-order valence-corrected chi connectivity index (χ4v) is 8.39. The van der Waals surface area contributed by atoms with Crippen LogP contribution in [0.5, 0.6) is 0 Å². The highest BCUT2D eigenvalue weighted by Gasteiger charge is 2.58. The highest BCUT2D eigenvalue weighted by molar-refractivity contribution is 5.07. The van der Waals surface area contributed by atoms with Gasteiger partial charge in [0.2, 0.25) is 0 Å². The molecule has 0 aromatic heterocycles. The van der Waals surface area contributed by atoms with E-state index < -0.39 is 0 Å². The van der Waals surface area contributed by atoms with E-state index in [0.717, 1.165) is 54.8 Å². The molecule has 2 heteroatoms. The van der Waals surface area contributed by atoms with E-state index in [4.69, 9.17) is 0 Å². The standard InChI is InChI=1S/C23H40O2/c1-4-23(25)12-10-17-16(13-23)5-6-19-18(17)9-11-22(3)20(15(2)14-24)7-8-21(19)22/h15-21,24-25H,4-14H2,1-3H3/t15-,16+,17+,18-,19-,20-,21+,22-,23+/m1/s1. The zero-order valence-electron chi connectivity index (χ0n) is 16.7. The summed E-state index contributed by atoms with van der Waals surface area (Å²) in [6, 6.07) is 0. The minimum atomic E-state index is -0.355. The van der Waals surface area contributed by atoms with Crippen molar-refractivity contribution >= 4 is 0 Å². The van der Waals surface area contributed by atoms with Gasteiger partial charge in [-0.15, -0.1) is 0 Å². The van der Waals surface area contributed by atoms with E-state index in [1.165, 1.54) is 44.9 Å². The third-order valence-electron chi connectivity index (χ3n) is 9.81. The highest BCUT2D eigenvalue weighted by atomic mass is 16.3. The Morgan fingerprint density at radius 1 is 0.960 bits per heavy atom. The van der Waals surface area contributed by atoms with Gasteiger partial charge >= 0.3 is 0 Å². The lowest BCUT2D eigenvalue weighted by molar-refractivity contribution is -0.110. The van der Waals surface area contributed by atoms with Crippen LogP contribution in [0.2, 0.25) is 0 Å². The Morgan fingerprint density at radius 2 is 1.72 bits per heavy atom. The SMILES string of the molecule is CC[C@]1(O)CC[C@H]2[C@@H](CC[C@@H]3[C@@H]2CC[C@]2(C)[C@@H]([C@H](C)CO)CC[C@@H]32)C1. The van der Waals surface area contributed by atoms with Gasteiger partial charge in [-0.3, -0.25) is 0 Å². The first-order valence-electron chi connectivity index (χ1n) is 11.2. The molecule has 4 fully saturated rings. The second-order valence-corrected chi connectivity index (χ2v) is 10.6. The normalized spacial score (nSPS) is 53.6. The van der Waals surface area contributed by atoms with Gasteiger partial charge in [-0.1, -0.05) is 20.8 Å². The number of aliphatic hydroxyl groups is 2. The van der Waals surface area contributed by atoms with Crippen molar-refractivity contribution in [1.82, 2.24) is 0 Å². The van der Waals surface area contributed by atoms with Crippen LogP contribution in [-0.2, 0) is 0 Å². The van der Waals surface area contributed by atoms with Crippen molar-refractivity contribution in [1.29, 1.82) is 0 Å². The van der Waals surface area contributed by atoms with Crippen molar-refractivity contribution in [3.05, 3.63) is 0 Å². The lowest BCUT2D eigenvalue weighted by Gasteiger charge is -2.57. The molecule has 0 aromatic carbocycles. The topological polar surface area (TPSA) is 40.5 Å². The van der Waals surface area contributed by atoms with Crippen LogP contribution in [-0.4, -0.2) is 22.4 Å². The van der Waals surface area contributed by atoms with Crippen LogP contribution in [0.1, 0.15) is 85.0 Å². The summed E-state index contributed by atoms with van der Waals surface area (Å²) in [5.41, 5.74) is 0.126. The van der Waals surface area contributed by atoms with Crippen LogP contribution >= 0.6 is 0 Å². The van der Waals surface area contributed by atoms with Gasteiger partial charge in [0.1, 0.15) is 0 Å². The molecule has 0 saturated heterocycles. The minimum Gasteiger partial charge on any atom is -0.396 e. The Balaban J connectivity index is 1.51. The zero-order valence-corrected chi connectivity index (χ0v) is 16.7. The van der Waals surface area contributed by atoms with Crippen molar-refractivity contribution in [3.63, 3.8) is 0 Å². The third-order valence-corrected chi connectivity index (χ3v) is 9.81. The number of fused-ring (bicyclic) bond motifs is 5. The van der Waals surface area contributed by atoms with Crippen molar-refractivity contribution in [2.24, 2.45) is 46.8 Å². The maximum atomic E-state index is 10.8. The number of hydrogen-bond donors (Lipinski definition) is 2. The molecule has 0 radical (unpaired) electrons. The third kappa shape index (κ3) is 2.81. The smallest absolute Gasteiger partial charge is 0.0648 e. The summed E-state index contributed by atoms with van der Waals surface area (Å²) in [6.07, 6.45) is 12.6. The van der Waals surface area contributed by atoms with Crippen LogP contribution in [0.3, 0.4) is 0 Å². The second kappa shape index (κ2) is 6.51. The van der Waals surface area contributed by atoms with Crippen LogP contribution < -0.4 is 0 Å². The molecule has 0 aromatic rings. The average Bonchev–Trinajstić information content (AvgIpc) is 2.98. The molecule has 2 N–H and O–H groups in total. The van der Waals surface area contributed by atoms with E-state index in [1.807, 2.05) is 0 Å². The fraction of sp³-hybridized carbons (Fsp3) is 1.00. The number of aliphatic hydroxyl groups excluding tert-OH is 1. The Labute approximate surface area is 154 Å². The Kier molecular flexibility index (Phi) is 4.77. The molecule has 25 heavy (non-hydrogen) atoms. The molecule has 0 heterocycles. The monoisotopic (exact) mass is 348 g/mol. The van der Waals surface area contributed by atoms with Gasteiger partial charge in [0.25, 0.3) is 0 Å². The van der Waals surface area contributed by atoms with Crippen LogP contribution in [0.4, 0.5) is 0 Å². The lowest BCUT2D eigenvalue weighted by Crippen LogP contribution is -2.51. The van der Waals surface area contributed by atoms with Gasteiger partial charge in [0, 0.05) is 6.61 Å². The van der Waals surface area contributed by atoms with Gasteiger partial charge in [0.15, 0.2) is 0 Å². The predicted molar refractivity (Wildman–Crippen MR) is 102 cm³/mol. The lowest BCUT2D eigenvalue weighted by atomic mass is 9.48. The molecule has 4 aliphatic rings. The van der Waals surface area contributed by atoms with E-state index in [2.05, 4.69) is 20.8 Å². The molecule has 0 amide bonds. The van der Waals surface area contributed by atoms with Gasteiger partial charge in [-0.2, -0.15) is 0 Å². The summed E-state index contributed by atoms with van der Waals surface area (Å²) < 4.78 is 0. The van der Waals surface area contributed by atoms with Gasteiger partial charge in [-0.25, -0.2) is 0 Å². The summed E-state index contributed by atoms with van der Waals surface area (Å²) in [5.74, 6) is 5.65. The largest absolute Gasteiger partial charge is 0.396 e. The molecule has 144 valence electrons. The molecule has 0 unspecified atom stereocenters. The highest BCUT2D eigenvalue weighted by Crippen LogP contribution is 2.65.